The lowest BCUT2D eigenvalue weighted by atomic mass is 9.90. The summed E-state index contributed by atoms with van der Waals surface area (Å²) in [6.07, 6.45) is 0. The van der Waals surface area contributed by atoms with Crippen molar-refractivity contribution in [2.75, 3.05) is 0 Å². The third-order valence-electron chi connectivity index (χ3n) is 4.09. The number of pyridine rings is 1. The summed E-state index contributed by atoms with van der Waals surface area (Å²) < 4.78 is 56.0. The third kappa shape index (κ3) is 1.97. The molecule has 0 fully saturated rings. The van der Waals surface area contributed by atoms with Crippen molar-refractivity contribution in [3.8, 4) is 5.69 Å². The molecule has 5 nitrogen and oxygen atoms in total. The van der Waals surface area contributed by atoms with Gasteiger partial charge in [0.15, 0.2) is 0 Å². The predicted octanol–water partition coefficient (Wildman–Crippen LogP) is 2.91. The molecule has 0 unspecified atom stereocenters. The van der Waals surface area contributed by atoms with Gasteiger partial charge in [-0.1, -0.05) is 24.3 Å². The Morgan fingerprint density at radius 2 is 1.38 bits per heavy atom. The summed E-state index contributed by atoms with van der Waals surface area (Å²) >= 11 is 0. The van der Waals surface area contributed by atoms with Gasteiger partial charge in [-0.2, -0.15) is 22.5 Å². The zero-order valence-electron chi connectivity index (χ0n) is 13.0. The van der Waals surface area contributed by atoms with Crippen LogP contribution in [-0.2, 0) is 0 Å². The van der Waals surface area contributed by atoms with E-state index in [1.807, 2.05) is 0 Å². The van der Waals surface area contributed by atoms with Crippen LogP contribution in [-0.4, -0.2) is 26.1 Å². The molecule has 0 N–H and O–H groups in total. The summed E-state index contributed by atoms with van der Waals surface area (Å²) in [5.41, 5.74) is -1.91. The largest absolute Gasteiger partial charge is 0.287 e. The van der Waals surface area contributed by atoms with E-state index in [1.54, 1.807) is 6.07 Å². The van der Waals surface area contributed by atoms with Crippen molar-refractivity contribution in [3.63, 3.8) is 0 Å². The van der Waals surface area contributed by atoms with E-state index in [4.69, 9.17) is 0 Å². The van der Waals surface area contributed by atoms with Gasteiger partial charge in [0.1, 0.15) is 22.9 Å². The lowest BCUT2D eigenvalue weighted by molar-refractivity contribution is 0.0972. The highest BCUT2D eigenvalue weighted by molar-refractivity contribution is 6.27. The maximum Gasteiger partial charge on any atom is 0.253 e. The molecule has 2 heterocycles. The number of carbonyl (C=O) groups excluding carboxylic acids is 2. The van der Waals surface area contributed by atoms with Gasteiger partial charge in [-0.15, -0.1) is 0 Å². The number of rotatable bonds is 1. The van der Waals surface area contributed by atoms with Gasteiger partial charge in [0.2, 0.25) is 23.2 Å². The summed E-state index contributed by atoms with van der Waals surface area (Å²) in [7, 11) is 0. The van der Waals surface area contributed by atoms with Crippen LogP contribution in [0.2, 0.25) is 0 Å². The highest BCUT2D eigenvalue weighted by atomic mass is 19.2. The van der Waals surface area contributed by atoms with Gasteiger partial charge in [0, 0.05) is 11.1 Å². The first kappa shape index (κ1) is 16.1. The molecule has 130 valence electrons. The van der Waals surface area contributed by atoms with Crippen LogP contribution in [0.25, 0.3) is 5.69 Å². The quantitative estimate of drug-likeness (QED) is 0.386. The third-order valence-corrected chi connectivity index (χ3v) is 4.09. The van der Waals surface area contributed by atoms with Crippen LogP contribution in [0, 0.1) is 30.5 Å². The van der Waals surface area contributed by atoms with E-state index in [-0.39, 0.29) is 22.6 Å². The summed E-state index contributed by atoms with van der Waals surface area (Å²) in [6.45, 7) is 1.25. The van der Waals surface area contributed by atoms with Gasteiger partial charge in [-0.3, -0.25) is 14.2 Å². The van der Waals surface area contributed by atoms with Crippen LogP contribution < -0.4 is 0 Å². The predicted molar refractivity (Wildman–Crippen MR) is 79.2 cm³/mol. The number of hydrogen-bond acceptors (Lipinski definition) is 4. The fourth-order valence-corrected chi connectivity index (χ4v) is 2.98. The van der Waals surface area contributed by atoms with Crippen LogP contribution in [0.5, 0.6) is 0 Å². The number of benzene rings is 1. The minimum atomic E-state index is -1.88. The molecule has 0 saturated heterocycles. The van der Waals surface area contributed by atoms with E-state index in [0.717, 1.165) is 0 Å². The van der Waals surface area contributed by atoms with Crippen molar-refractivity contribution < 1.29 is 27.2 Å². The Morgan fingerprint density at radius 3 is 1.96 bits per heavy atom. The highest BCUT2D eigenvalue weighted by Crippen LogP contribution is 2.32. The molecule has 0 amide bonds. The van der Waals surface area contributed by atoms with Crippen molar-refractivity contribution in [1.29, 1.82) is 0 Å². The molecule has 0 bridgehead atoms. The number of aryl methyl sites for hydroxylation is 1. The van der Waals surface area contributed by atoms with Crippen molar-refractivity contribution in [2.24, 2.45) is 0 Å². The summed E-state index contributed by atoms with van der Waals surface area (Å²) in [4.78, 5) is 31.7. The Bertz CT molecular complexity index is 1110. The number of fused-ring (bicyclic) bond motifs is 2. The Hall–Kier alpha value is -3.36. The zero-order chi connectivity index (χ0) is 18.7. The first-order chi connectivity index (χ1) is 12.3. The number of nitrogens with zero attached hydrogens (tertiary/aromatic N) is 3. The summed E-state index contributed by atoms with van der Waals surface area (Å²) in [6, 6.07) is 5.84. The topological polar surface area (TPSA) is 64.8 Å². The van der Waals surface area contributed by atoms with Gasteiger partial charge in [0.25, 0.3) is 11.9 Å². The maximum atomic E-state index is 14.2. The number of halogens is 4. The average molecular weight is 361 g/mol. The molecule has 0 radical (unpaired) electrons. The molecule has 1 aromatic carbocycles. The van der Waals surface area contributed by atoms with Gasteiger partial charge in [-0.05, 0) is 6.92 Å². The SMILES string of the molecule is Cc1nc2c(n1-c1c(F)c(F)nc(F)c1F)C(=O)c1ccccc1C2=O. The smallest absolute Gasteiger partial charge is 0.253 e. The minimum Gasteiger partial charge on any atom is -0.287 e. The van der Waals surface area contributed by atoms with E-state index in [2.05, 4.69) is 9.97 Å². The van der Waals surface area contributed by atoms with E-state index in [0.29, 0.717) is 4.57 Å². The Balaban J connectivity index is 2.09. The maximum absolute atomic E-state index is 14.2. The molecule has 2 aromatic heterocycles. The Morgan fingerprint density at radius 1 is 0.846 bits per heavy atom. The Kier molecular flexibility index (Phi) is 3.30. The molecule has 0 aliphatic heterocycles. The van der Waals surface area contributed by atoms with Crippen molar-refractivity contribution >= 4 is 11.6 Å². The molecule has 0 saturated carbocycles. The normalized spacial score (nSPS) is 13.0. The molecule has 0 atom stereocenters. The lowest BCUT2D eigenvalue weighted by Crippen LogP contribution is -2.24. The fraction of sp³-hybridized carbons (Fsp3) is 0.0588. The average Bonchev–Trinajstić information content (AvgIpc) is 2.96. The first-order valence-corrected chi connectivity index (χ1v) is 7.31. The molecule has 0 spiro atoms. The number of ketones is 2. The molecule has 1 aliphatic carbocycles. The minimum absolute atomic E-state index is 0.00182. The second-order valence-corrected chi connectivity index (χ2v) is 5.57. The lowest BCUT2D eigenvalue weighted by Gasteiger charge is -2.17. The van der Waals surface area contributed by atoms with E-state index in [9.17, 15) is 27.2 Å². The second-order valence-electron chi connectivity index (χ2n) is 5.57. The van der Waals surface area contributed by atoms with Crippen LogP contribution in [0.4, 0.5) is 17.6 Å². The standard InChI is InChI=1S/C17H7F4N3O2/c1-6-22-11-13(15(26)8-5-3-2-4-7(8)14(11)25)24(6)12-9(18)16(20)23-17(21)10(12)19/h2-5H,1H3. The zero-order valence-corrected chi connectivity index (χ0v) is 13.0. The van der Waals surface area contributed by atoms with Crippen molar-refractivity contribution in [1.82, 2.24) is 14.5 Å². The molecule has 4 rings (SSSR count). The number of hydrogen-bond donors (Lipinski definition) is 0. The number of carbonyl (C=O) groups is 2. The Labute approximate surface area is 142 Å². The van der Waals surface area contributed by atoms with E-state index < -0.39 is 46.5 Å². The highest BCUT2D eigenvalue weighted by Gasteiger charge is 2.37. The number of aromatic nitrogens is 3. The molecule has 1 aliphatic rings. The van der Waals surface area contributed by atoms with Crippen LogP contribution >= 0.6 is 0 Å². The molecule has 26 heavy (non-hydrogen) atoms. The van der Waals surface area contributed by atoms with E-state index in [1.165, 1.54) is 25.1 Å². The molecular formula is C17H7F4N3O2. The van der Waals surface area contributed by atoms with Crippen LogP contribution in [0.15, 0.2) is 24.3 Å². The van der Waals surface area contributed by atoms with Crippen LogP contribution in [0.3, 0.4) is 0 Å². The first-order valence-electron chi connectivity index (χ1n) is 7.31. The van der Waals surface area contributed by atoms with Crippen molar-refractivity contribution in [2.45, 2.75) is 6.92 Å². The second kappa shape index (κ2) is 5.32. The molecule has 9 heteroatoms. The van der Waals surface area contributed by atoms with Gasteiger partial charge < -0.3 is 0 Å². The van der Waals surface area contributed by atoms with E-state index >= 15 is 0 Å². The number of imidazole rings is 1. The molecular weight excluding hydrogens is 354 g/mol. The van der Waals surface area contributed by atoms with Crippen LogP contribution in [0.1, 0.15) is 37.9 Å². The summed E-state index contributed by atoms with van der Waals surface area (Å²) in [5, 5.41) is 0. The monoisotopic (exact) mass is 361 g/mol. The van der Waals surface area contributed by atoms with Crippen molar-refractivity contribution in [3.05, 3.63) is 76.1 Å². The van der Waals surface area contributed by atoms with Gasteiger partial charge in [0.05, 0.1) is 0 Å². The fourth-order valence-electron chi connectivity index (χ4n) is 2.98. The van der Waals surface area contributed by atoms with Gasteiger partial charge in [-0.25, -0.2) is 4.98 Å². The summed E-state index contributed by atoms with van der Waals surface area (Å²) in [5.74, 6) is -8.92. The van der Waals surface area contributed by atoms with Gasteiger partial charge >= 0.3 is 0 Å². The molecule has 3 aromatic rings.